The second kappa shape index (κ2) is 6.89. The van der Waals surface area contributed by atoms with Crippen LogP contribution in [0.1, 0.15) is 35.9 Å². The first-order valence-corrected chi connectivity index (χ1v) is 7.90. The molecule has 1 N–H and O–H groups in total. The zero-order chi connectivity index (χ0) is 16.3. The molecule has 2 amide bonds. The van der Waals surface area contributed by atoms with Crippen molar-refractivity contribution in [2.45, 2.75) is 19.9 Å². The molecular weight excluding hydrogens is 322 g/mol. The summed E-state index contributed by atoms with van der Waals surface area (Å²) < 4.78 is 0. The summed E-state index contributed by atoms with van der Waals surface area (Å²) >= 11 is 7.21. The highest BCUT2D eigenvalue weighted by atomic mass is 35.5. The van der Waals surface area contributed by atoms with Crippen molar-refractivity contribution in [2.24, 2.45) is 0 Å². The van der Waals surface area contributed by atoms with Gasteiger partial charge in [-0.2, -0.15) is 0 Å². The quantitative estimate of drug-likeness (QED) is 0.927. The Labute approximate surface area is 137 Å². The number of thiazole rings is 1. The summed E-state index contributed by atoms with van der Waals surface area (Å²) in [7, 11) is 1.71. The number of rotatable bonds is 4. The first kappa shape index (κ1) is 16.5. The van der Waals surface area contributed by atoms with E-state index >= 15 is 0 Å². The Balaban J connectivity index is 2.14. The van der Waals surface area contributed by atoms with Gasteiger partial charge in [-0.05, 0) is 24.6 Å². The first-order chi connectivity index (χ1) is 10.4. The van der Waals surface area contributed by atoms with Gasteiger partial charge in [-0.1, -0.05) is 23.7 Å². The van der Waals surface area contributed by atoms with Crippen molar-refractivity contribution >= 4 is 39.9 Å². The van der Waals surface area contributed by atoms with Crippen LogP contribution in [-0.2, 0) is 4.79 Å². The van der Waals surface area contributed by atoms with Gasteiger partial charge in [-0.25, -0.2) is 4.98 Å². The number of carbonyl (C=O) groups is 2. The molecule has 2 aromatic rings. The minimum Gasteiger partial charge on any atom is -0.334 e. The maximum absolute atomic E-state index is 12.5. The van der Waals surface area contributed by atoms with Crippen molar-refractivity contribution in [3.63, 3.8) is 0 Å². The van der Waals surface area contributed by atoms with Gasteiger partial charge < -0.3 is 10.2 Å². The van der Waals surface area contributed by atoms with Crippen LogP contribution < -0.4 is 5.32 Å². The van der Waals surface area contributed by atoms with E-state index in [9.17, 15) is 9.59 Å². The van der Waals surface area contributed by atoms with Crippen LogP contribution >= 0.6 is 22.9 Å². The van der Waals surface area contributed by atoms with Crippen LogP contribution in [0.15, 0.2) is 29.6 Å². The van der Waals surface area contributed by atoms with E-state index in [2.05, 4.69) is 10.3 Å². The summed E-state index contributed by atoms with van der Waals surface area (Å²) in [6, 6.07) is 7.26. The van der Waals surface area contributed by atoms with E-state index < -0.39 is 0 Å². The fourth-order valence-corrected chi connectivity index (χ4v) is 2.86. The fraction of sp³-hybridized carbons (Fsp3) is 0.267. The molecule has 0 saturated heterocycles. The number of amides is 2. The molecule has 2 rings (SSSR count). The normalized spacial score (nSPS) is 11.8. The smallest absolute Gasteiger partial charge is 0.273 e. The molecule has 0 saturated carbocycles. The van der Waals surface area contributed by atoms with Gasteiger partial charge in [0.15, 0.2) is 5.13 Å². The van der Waals surface area contributed by atoms with Crippen LogP contribution in [0.3, 0.4) is 0 Å². The van der Waals surface area contributed by atoms with Gasteiger partial charge in [0.1, 0.15) is 5.69 Å². The largest absolute Gasteiger partial charge is 0.334 e. The van der Waals surface area contributed by atoms with Crippen LogP contribution in [0.25, 0.3) is 0 Å². The summed E-state index contributed by atoms with van der Waals surface area (Å²) in [5.41, 5.74) is 1.26. The highest BCUT2D eigenvalue weighted by molar-refractivity contribution is 7.14. The highest BCUT2D eigenvalue weighted by Gasteiger charge is 2.21. The molecule has 0 radical (unpaired) electrons. The lowest BCUT2D eigenvalue weighted by molar-refractivity contribution is -0.114. The lowest BCUT2D eigenvalue weighted by Crippen LogP contribution is -2.30. The lowest BCUT2D eigenvalue weighted by atomic mass is 10.1. The Hall–Kier alpha value is -1.92. The third-order valence-corrected chi connectivity index (χ3v) is 4.23. The zero-order valence-electron chi connectivity index (χ0n) is 12.5. The van der Waals surface area contributed by atoms with Crippen molar-refractivity contribution in [3.05, 3.63) is 45.9 Å². The number of nitrogens with one attached hydrogen (secondary N) is 1. The van der Waals surface area contributed by atoms with Crippen molar-refractivity contribution in [1.29, 1.82) is 0 Å². The molecule has 0 aliphatic carbocycles. The SMILES string of the molecule is CC(=O)Nc1nc(C(=O)N(C)[C@@H](C)c2cccc(Cl)c2)cs1. The Kier molecular flexibility index (Phi) is 5.15. The van der Waals surface area contributed by atoms with Crippen LogP contribution in [0.4, 0.5) is 5.13 Å². The highest BCUT2D eigenvalue weighted by Crippen LogP contribution is 2.24. The molecule has 1 heterocycles. The zero-order valence-corrected chi connectivity index (χ0v) is 14.0. The molecule has 0 aliphatic heterocycles. The molecular formula is C15H16ClN3O2S. The standard InChI is InChI=1S/C15H16ClN3O2S/c1-9(11-5-4-6-12(16)7-11)19(3)14(21)13-8-22-15(18-13)17-10(2)20/h4-9H,1-3H3,(H,17,18,20)/t9-/m0/s1. The number of benzene rings is 1. The lowest BCUT2D eigenvalue weighted by Gasteiger charge is -2.24. The predicted molar refractivity (Wildman–Crippen MR) is 88.4 cm³/mol. The van der Waals surface area contributed by atoms with Crippen molar-refractivity contribution in [3.8, 4) is 0 Å². The minimum absolute atomic E-state index is 0.142. The molecule has 0 fully saturated rings. The third-order valence-electron chi connectivity index (χ3n) is 3.24. The van der Waals surface area contributed by atoms with Gasteiger partial charge in [0.25, 0.3) is 5.91 Å². The van der Waals surface area contributed by atoms with E-state index in [0.717, 1.165) is 5.56 Å². The first-order valence-electron chi connectivity index (χ1n) is 6.64. The predicted octanol–water partition coefficient (Wildman–Crippen LogP) is 3.59. The number of anilines is 1. The topological polar surface area (TPSA) is 62.3 Å². The number of aromatic nitrogens is 1. The van der Waals surface area contributed by atoms with E-state index in [0.29, 0.717) is 15.8 Å². The second-order valence-corrected chi connectivity index (χ2v) is 6.16. The Morgan fingerprint density at radius 1 is 1.41 bits per heavy atom. The number of halogens is 1. The summed E-state index contributed by atoms with van der Waals surface area (Å²) in [6.45, 7) is 3.32. The molecule has 1 aromatic carbocycles. The van der Waals surface area contributed by atoms with E-state index in [1.807, 2.05) is 25.1 Å². The third kappa shape index (κ3) is 3.84. The maximum Gasteiger partial charge on any atom is 0.273 e. The van der Waals surface area contributed by atoms with E-state index in [1.54, 1.807) is 23.4 Å². The Morgan fingerprint density at radius 2 is 2.14 bits per heavy atom. The summed E-state index contributed by atoms with van der Waals surface area (Å²) in [4.78, 5) is 29.2. The monoisotopic (exact) mass is 337 g/mol. The molecule has 7 heteroatoms. The fourth-order valence-electron chi connectivity index (χ4n) is 1.93. The molecule has 1 aromatic heterocycles. The summed E-state index contributed by atoms with van der Waals surface area (Å²) in [6.07, 6.45) is 0. The number of carbonyl (C=O) groups excluding carboxylic acids is 2. The number of nitrogens with zero attached hydrogens (tertiary/aromatic N) is 2. The molecule has 116 valence electrons. The average molecular weight is 338 g/mol. The molecule has 0 aliphatic rings. The van der Waals surface area contributed by atoms with Crippen molar-refractivity contribution in [2.75, 3.05) is 12.4 Å². The molecule has 5 nitrogen and oxygen atoms in total. The second-order valence-electron chi connectivity index (χ2n) is 4.87. The molecule has 0 spiro atoms. The molecule has 0 unspecified atom stereocenters. The van der Waals surface area contributed by atoms with Gasteiger partial charge >= 0.3 is 0 Å². The van der Waals surface area contributed by atoms with Crippen molar-refractivity contribution < 1.29 is 9.59 Å². The van der Waals surface area contributed by atoms with Crippen LogP contribution in [-0.4, -0.2) is 28.7 Å². The average Bonchev–Trinajstić information content (AvgIpc) is 2.92. The molecule has 22 heavy (non-hydrogen) atoms. The maximum atomic E-state index is 12.5. The van der Waals surface area contributed by atoms with Gasteiger partial charge in [0, 0.05) is 24.4 Å². The van der Waals surface area contributed by atoms with E-state index in [4.69, 9.17) is 11.6 Å². The van der Waals surface area contributed by atoms with Gasteiger partial charge in [-0.15, -0.1) is 11.3 Å². The summed E-state index contributed by atoms with van der Waals surface area (Å²) in [5.74, 6) is -0.422. The van der Waals surface area contributed by atoms with Crippen LogP contribution in [0.5, 0.6) is 0 Å². The van der Waals surface area contributed by atoms with Gasteiger partial charge in [0.05, 0.1) is 6.04 Å². The molecule has 1 atom stereocenters. The van der Waals surface area contributed by atoms with Crippen LogP contribution in [0, 0.1) is 0 Å². The Bertz CT molecular complexity index is 702. The number of hydrogen-bond donors (Lipinski definition) is 1. The van der Waals surface area contributed by atoms with E-state index in [-0.39, 0.29) is 17.9 Å². The Morgan fingerprint density at radius 3 is 2.77 bits per heavy atom. The van der Waals surface area contributed by atoms with E-state index in [1.165, 1.54) is 18.3 Å². The molecule has 0 bridgehead atoms. The van der Waals surface area contributed by atoms with Crippen molar-refractivity contribution in [1.82, 2.24) is 9.88 Å². The summed E-state index contributed by atoms with van der Waals surface area (Å²) in [5, 5.41) is 5.25. The van der Waals surface area contributed by atoms with Gasteiger partial charge in [-0.3, -0.25) is 9.59 Å². The van der Waals surface area contributed by atoms with Gasteiger partial charge in [0.2, 0.25) is 5.91 Å². The number of hydrogen-bond acceptors (Lipinski definition) is 4. The van der Waals surface area contributed by atoms with Crippen LogP contribution in [0.2, 0.25) is 5.02 Å². The minimum atomic E-state index is -0.214.